The average molecular weight is 235 g/mol. The van der Waals surface area contributed by atoms with E-state index in [0.717, 1.165) is 0 Å². The summed E-state index contributed by atoms with van der Waals surface area (Å²) in [5, 5.41) is 3.65. The van der Waals surface area contributed by atoms with Gasteiger partial charge in [-0.15, -0.1) is 11.8 Å². The average Bonchev–Trinajstić information content (AvgIpc) is 2.33. The first-order chi connectivity index (χ1) is 7.72. The van der Waals surface area contributed by atoms with Crippen molar-refractivity contribution in [3.05, 3.63) is 28.8 Å². The minimum Gasteiger partial charge on any atom is -0.310 e. The fourth-order valence-corrected chi connectivity index (χ4v) is 2.99. The number of thioether (sulfide) groups is 1. The first-order valence-electron chi connectivity index (χ1n) is 6.11. The number of hydrogen-bond acceptors (Lipinski definition) is 2. The van der Waals surface area contributed by atoms with Gasteiger partial charge in [-0.1, -0.05) is 6.42 Å². The molecule has 1 atom stereocenters. The van der Waals surface area contributed by atoms with Crippen LogP contribution in [0.2, 0.25) is 0 Å². The molecule has 2 rings (SSSR count). The van der Waals surface area contributed by atoms with Gasteiger partial charge in [0.2, 0.25) is 0 Å². The van der Waals surface area contributed by atoms with Crippen molar-refractivity contribution in [3.8, 4) is 0 Å². The van der Waals surface area contributed by atoms with Gasteiger partial charge >= 0.3 is 0 Å². The van der Waals surface area contributed by atoms with E-state index in [0.29, 0.717) is 6.04 Å². The topological polar surface area (TPSA) is 12.0 Å². The number of nitrogens with one attached hydrogen (secondary N) is 1. The second kappa shape index (κ2) is 5.24. The molecule has 16 heavy (non-hydrogen) atoms. The maximum absolute atomic E-state index is 3.65. The molecule has 1 aromatic rings. The van der Waals surface area contributed by atoms with Crippen molar-refractivity contribution in [1.29, 1.82) is 0 Å². The standard InChI is InChI=1S/C14H21NS/c1-10-8-12(16-3)9-13(11(10)2)14-6-4-5-7-15-14/h8-9,14-15H,4-7H2,1-3H3. The molecule has 0 aliphatic carbocycles. The lowest BCUT2D eigenvalue weighted by atomic mass is 9.92. The minimum atomic E-state index is 0.583. The van der Waals surface area contributed by atoms with Crippen LogP contribution in [-0.2, 0) is 0 Å². The summed E-state index contributed by atoms with van der Waals surface area (Å²) in [4.78, 5) is 1.39. The molecule has 0 amide bonds. The van der Waals surface area contributed by atoms with Crippen LogP contribution < -0.4 is 5.32 Å². The molecule has 1 fully saturated rings. The molecule has 88 valence electrons. The molecule has 1 aliphatic rings. The normalized spacial score (nSPS) is 21.1. The number of aryl methyl sites for hydroxylation is 1. The molecule has 1 aliphatic heterocycles. The lowest BCUT2D eigenvalue weighted by Crippen LogP contribution is -2.27. The van der Waals surface area contributed by atoms with Crippen LogP contribution in [0.1, 0.15) is 42.0 Å². The summed E-state index contributed by atoms with van der Waals surface area (Å²) < 4.78 is 0. The Kier molecular flexibility index (Phi) is 3.93. The van der Waals surface area contributed by atoms with Crippen molar-refractivity contribution in [2.45, 2.75) is 44.0 Å². The zero-order chi connectivity index (χ0) is 11.5. The van der Waals surface area contributed by atoms with Crippen LogP contribution in [0, 0.1) is 13.8 Å². The van der Waals surface area contributed by atoms with E-state index in [2.05, 4.69) is 37.6 Å². The van der Waals surface area contributed by atoms with Crippen molar-refractivity contribution in [2.24, 2.45) is 0 Å². The number of benzene rings is 1. The van der Waals surface area contributed by atoms with Crippen molar-refractivity contribution in [1.82, 2.24) is 5.32 Å². The first-order valence-corrected chi connectivity index (χ1v) is 7.33. The smallest absolute Gasteiger partial charge is 0.0323 e. The number of rotatable bonds is 2. The Morgan fingerprint density at radius 3 is 2.69 bits per heavy atom. The summed E-state index contributed by atoms with van der Waals surface area (Å²) in [7, 11) is 0. The lowest BCUT2D eigenvalue weighted by Gasteiger charge is -2.26. The Bertz CT molecular complexity index is 367. The second-order valence-electron chi connectivity index (χ2n) is 4.66. The molecule has 1 heterocycles. The third-order valence-corrected chi connectivity index (χ3v) is 4.31. The summed E-state index contributed by atoms with van der Waals surface area (Å²) in [6.07, 6.45) is 6.14. The van der Waals surface area contributed by atoms with Crippen LogP contribution in [0.25, 0.3) is 0 Å². The van der Waals surface area contributed by atoms with Crippen LogP contribution in [0.5, 0.6) is 0 Å². The fraction of sp³-hybridized carbons (Fsp3) is 0.571. The Balaban J connectivity index is 2.33. The van der Waals surface area contributed by atoms with Gasteiger partial charge in [-0.2, -0.15) is 0 Å². The van der Waals surface area contributed by atoms with Crippen LogP contribution >= 0.6 is 11.8 Å². The maximum atomic E-state index is 3.65. The third-order valence-electron chi connectivity index (χ3n) is 3.60. The van der Waals surface area contributed by atoms with E-state index in [-0.39, 0.29) is 0 Å². The fourth-order valence-electron chi connectivity index (χ4n) is 2.45. The lowest BCUT2D eigenvalue weighted by molar-refractivity contribution is 0.410. The minimum absolute atomic E-state index is 0.583. The van der Waals surface area contributed by atoms with Crippen molar-refractivity contribution in [2.75, 3.05) is 12.8 Å². The second-order valence-corrected chi connectivity index (χ2v) is 5.54. The quantitative estimate of drug-likeness (QED) is 0.782. The van der Waals surface area contributed by atoms with Crippen LogP contribution in [0.4, 0.5) is 0 Å². The Hall–Kier alpha value is -0.470. The molecule has 0 aromatic heterocycles. The van der Waals surface area contributed by atoms with Gasteiger partial charge in [0.1, 0.15) is 0 Å². The monoisotopic (exact) mass is 235 g/mol. The highest BCUT2D eigenvalue weighted by Gasteiger charge is 2.17. The van der Waals surface area contributed by atoms with Gasteiger partial charge in [0.25, 0.3) is 0 Å². The highest BCUT2D eigenvalue weighted by molar-refractivity contribution is 7.98. The number of hydrogen-bond donors (Lipinski definition) is 1. The van der Waals surface area contributed by atoms with Gasteiger partial charge in [0.05, 0.1) is 0 Å². The molecule has 0 radical (unpaired) electrons. The summed E-state index contributed by atoms with van der Waals surface area (Å²) in [5.41, 5.74) is 4.41. The SMILES string of the molecule is CSc1cc(C)c(C)c(C2CCCCN2)c1. The molecule has 1 saturated heterocycles. The Morgan fingerprint density at radius 1 is 1.25 bits per heavy atom. The number of piperidine rings is 1. The van der Waals surface area contributed by atoms with Gasteiger partial charge in [-0.05, 0) is 68.3 Å². The zero-order valence-corrected chi connectivity index (χ0v) is 11.3. The van der Waals surface area contributed by atoms with Crippen molar-refractivity contribution >= 4 is 11.8 Å². The molecule has 0 spiro atoms. The maximum Gasteiger partial charge on any atom is 0.0323 e. The van der Waals surface area contributed by atoms with E-state index in [1.165, 1.54) is 47.4 Å². The molecule has 1 N–H and O–H groups in total. The van der Waals surface area contributed by atoms with E-state index >= 15 is 0 Å². The van der Waals surface area contributed by atoms with Gasteiger partial charge in [0.15, 0.2) is 0 Å². The molecule has 0 bridgehead atoms. The molecule has 2 heteroatoms. The van der Waals surface area contributed by atoms with Crippen molar-refractivity contribution in [3.63, 3.8) is 0 Å². The van der Waals surface area contributed by atoms with Gasteiger partial charge < -0.3 is 5.32 Å². The van der Waals surface area contributed by atoms with E-state index in [1.807, 2.05) is 11.8 Å². The molecule has 0 saturated carbocycles. The van der Waals surface area contributed by atoms with Crippen LogP contribution in [0.3, 0.4) is 0 Å². The van der Waals surface area contributed by atoms with Crippen LogP contribution in [-0.4, -0.2) is 12.8 Å². The predicted octanol–water partition coefficient (Wildman–Crippen LogP) is 3.84. The van der Waals surface area contributed by atoms with E-state index < -0.39 is 0 Å². The van der Waals surface area contributed by atoms with Crippen LogP contribution in [0.15, 0.2) is 17.0 Å². The molecular formula is C14H21NS. The molecular weight excluding hydrogens is 214 g/mol. The summed E-state index contributed by atoms with van der Waals surface area (Å²) in [6.45, 7) is 5.65. The Labute approximate surface area is 103 Å². The first kappa shape index (κ1) is 12.0. The Morgan fingerprint density at radius 2 is 2.06 bits per heavy atom. The zero-order valence-electron chi connectivity index (χ0n) is 10.5. The largest absolute Gasteiger partial charge is 0.310 e. The van der Waals surface area contributed by atoms with Crippen molar-refractivity contribution < 1.29 is 0 Å². The van der Waals surface area contributed by atoms with Gasteiger partial charge in [-0.25, -0.2) is 0 Å². The summed E-state index contributed by atoms with van der Waals surface area (Å²) >= 11 is 1.84. The summed E-state index contributed by atoms with van der Waals surface area (Å²) in [6, 6.07) is 5.25. The molecule has 1 unspecified atom stereocenters. The highest BCUT2D eigenvalue weighted by Crippen LogP contribution is 2.30. The van der Waals surface area contributed by atoms with E-state index in [1.54, 1.807) is 0 Å². The van der Waals surface area contributed by atoms with Gasteiger partial charge in [0, 0.05) is 10.9 Å². The summed E-state index contributed by atoms with van der Waals surface area (Å²) in [5.74, 6) is 0. The van der Waals surface area contributed by atoms with Gasteiger partial charge in [-0.3, -0.25) is 0 Å². The predicted molar refractivity (Wildman–Crippen MR) is 72.3 cm³/mol. The molecule has 1 aromatic carbocycles. The van der Waals surface area contributed by atoms with E-state index in [4.69, 9.17) is 0 Å². The third kappa shape index (κ3) is 2.44. The highest BCUT2D eigenvalue weighted by atomic mass is 32.2. The molecule has 1 nitrogen and oxygen atoms in total. The van der Waals surface area contributed by atoms with E-state index in [9.17, 15) is 0 Å².